The lowest BCUT2D eigenvalue weighted by Crippen LogP contribution is -2.19. The van der Waals surface area contributed by atoms with E-state index in [0.29, 0.717) is 13.1 Å². The van der Waals surface area contributed by atoms with Crippen LogP contribution in [-0.2, 0) is 13.1 Å². The largest absolute Gasteiger partial charge is 0.497 e. The highest BCUT2D eigenvalue weighted by atomic mass is 16.5. The van der Waals surface area contributed by atoms with Crippen molar-refractivity contribution in [1.29, 1.82) is 0 Å². The maximum Gasteiger partial charge on any atom is 0.123 e. The molecule has 2 rings (SSSR count). The summed E-state index contributed by atoms with van der Waals surface area (Å²) in [6.45, 7) is 7.43. The van der Waals surface area contributed by atoms with Crippen LogP contribution >= 0.6 is 0 Å². The van der Waals surface area contributed by atoms with E-state index in [1.54, 1.807) is 14.2 Å². The van der Waals surface area contributed by atoms with Gasteiger partial charge in [-0.3, -0.25) is 4.68 Å². The Morgan fingerprint density at radius 3 is 2.62 bits per heavy atom. The maximum absolute atomic E-state index is 9.12. The molecule has 0 aliphatic rings. The van der Waals surface area contributed by atoms with E-state index in [4.69, 9.17) is 14.6 Å². The number of benzene rings is 1. The third-order valence-electron chi connectivity index (χ3n) is 4.33. The number of ether oxygens (including phenoxy) is 2. The van der Waals surface area contributed by atoms with E-state index in [1.807, 2.05) is 36.7 Å². The van der Waals surface area contributed by atoms with Crippen LogP contribution in [0.5, 0.6) is 11.5 Å². The van der Waals surface area contributed by atoms with E-state index in [0.717, 1.165) is 34.0 Å². The zero-order valence-corrected chi connectivity index (χ0v) is 15.1. The van der Waals surface area contributed by atoms with Crippen LogP contribution in [0.1, 0.15) is 35.5 Å². The predicted octanol–water partition coefficient (Wildman–Crippen LogP) is 2.36. The molecule has 24 heavy (non-hydrogen) atoms. The summed E-state index contributed by atoms with van der Waals surface area (Å²) in [7, 11) is 3.33. The quantitative estimate of drug-likeness (QED) is 0.776. The lowest BCUT2D eigenvalue weighted by Gasteiger charge is -2.18. The number of hydrogen-bond acceptors (Lipinski definition) is 5. The fraction of sp³-hybridized carbons (Fsp3) is 0.500. The van der Waals surface area contributed by atoms with E-state index in [1.165, 1.54) is 0 Å². The fourth-order valence-electron chi connectivity index (χ4n) is 2.85. The van der Waals surface area contributed by atoms with Gasteiger partial charge in [0.2, 0.25) is 0 Å². The molecular formula is C18H27N3O3. The van der Waals surface area contributed by atoms with Gasteiger partial charge in [-0.2, -0.15) is 5.10 Å². The van der Waals surface area contributed by atoms with Crippen LogP contribution < -0.4 is 14.8 Å². The third-order valence-corrected chi connectivity index (χ3v) is 4.33. The Bertz CT molecular complexity index is 682. The molecule has 0 fully saturated rings. The highest BCUT2D eigenvalue weighted by molar-refractivity contribution is 5.42. The Morgan fingerprint density at radius 2 is 2.00 bits per heavy atom. The molecular weight excluding hydrogens is 306 g/mol. The molecule has 2 aromatic rings. The van der Waals surface area contributed by atoms with Gasteiger partial charge in [0.05, 0.1) is 33.1 Å². The molecule has 132 valence electrons. The minimum atomic E-state index is 0.0895. The van der Waals surface area contributed by atoms with E-state index >= 15 is 0 Å². The van der Waals surface area contributed by atoms with Gasteiger partial charge in [-0.25, -0.2) is 0 Å². The van der Waals surface area contributed by atoms with Crippen molar-refractivity contribution in [3.05, 3.63) is 40.7 Å². The third kappa shape index (κ3) is 3.88. The summed E-state index contributed by atoms with van der Waals surface area (Å²) in [4.78, 5) is 0. The summed E-state index contributed by atoms with van der Waals surface area (Å²) in [5.41, 5.74) is 4.28. The summed E-state index contributed by atoms with van der Waals surface area (Å²) in [5, 5.41) is 17.1. The molecule has 1 atom stereocenters. The molecule has 0 amide bonds. The standard InChI is InChI=1S/C18H27N3O3/c1-12(16-10-15(23-4)6-7-18(16)24-5)19-11-17-13(2)20-21(8-9-22)14(17)3/h6-7,10,12,19,22H,8-9,11H2,1-5H3. The van der Waals surface area contributed by atoms with Crippen LogP contribution in [0, 0.1) is 13.8 Å². The van der Waals surface area contributed by atoms with Gasteiger partial charge in [0, 0.05) is 29.4 Å². The molecule has 6 nitrogen and oxygen atoms in total. The first-order valence-corrected chi connectivity index (χ1v) is 8.10. The van der Waals surface area contributed by atoms with Crippen LogP contribution in [-0.4, -0.2) is 35.7 Å². The molecule has 0 saturated heterocycles. The number of nitrogens with zero attached hydrogens (tertiary/aromatic N) is 2. The molecule has 0 aliphatic carbocycles. The summed E-state index contributed by atoms with van der Waals surface area (Å²) in [5.74, 6) is 1.64. The first-order valence-electron chi connectivity index (χ1n) is 8.10. The average molecular weight is 333 g/mol. The van der Waals surface area contributed by atoms with Gasteiger partial charge in [0.25, 0.3) is 0 Å². The van der Waals surface area contributed by atoms with Crippen LogP contribution in [0.15, 0.2) is 18.2 Å². The van der Waals surface area contributed by atoms with Gasteiger partial charge in [-0.1, -0.05) is 0 Å². The monoisotopic (exact) mass is 333 g/mol. The molecule has 6 heteroatoms. The molecule has 1 aromatic heterocycles. The fourth-order valence-corrected chi connectivity index (χ4v) is 2.85. The molecule has 0 spiro atoms. The number of hydrogen-bond donors (Lipinski definition) is 2. The first kappa shape index (κ1) is 18.3. The van der Waals surface area contributed by atoms with Gasteiger partial charge in [-0.05, 0) is 39.0 Å². The van der Waals surface area contributed by atoms with Crippen molar-refractivity contribution in [2.75, 3.05) is 20.8 Å². The number of methoxy groups -OCH3 is 2. The van der Waals surface area contributed by atoms with Crippen LogP contribution in [0.2, 0.25) is 0 Å². The minimum Gasteiger partial charge on any atom is -0.497 e. The lowest BCUT2D eigenvalue weighted by atomic mass is 10.1. The summed E-state index contributed by atoms with van der Waals surface area (Å²) in [6.07, 6.45) is 0. The lowest BCUT2D eigenvalue weighted by molar-refractivity contribution is 0.267. The predicted molar refractivity (Wildman–Crippen MR) is 93.6 cm³/mol. The van der Waals surface area contributed by atoms with Gasteiger partial charge in [-0.15, -0.1) is 0 Å². The van der Waals surface area contributed by atoms with Gasteiger partial charge in [0.1, 0.15) is 11.5 Å². The van der Waals surface area contributed by atoms with Crippen molar-refractivity contribution < 1.29 is 14.6 Å². The molecule has 1 unspecified atom stereocenters. The van der Waals surface area contributed by atoms with Crippen molar-refractivity contribution in [3.8, 4) is 11.5 Å². The number of aliphatic hydroxyl groups excluding tert-OH is 1. The van der Waals surface area contributed by atoms with Crippen molar-refractivity contribution in [3.63, 3.8) is 0 Å². The number of aliphatic hydroxyl groups is 1. The molecule has 1 heterocycles. The number of aromatic nitrogens is 2. The van der Waals surface area contributed by atoms with Crippen LogP contribution in [0.3, 0.4) is 0 Å². The van der Waals surface area contributed by atoms with Gasteiger partial charge >= 0.3 is 0 Å². The Kier molecular flexibility index (Phi) is 6.23. The second-order valence-electron chi connectivity index (χ2n) is 5.81. The molecule has 0 aliphatic heterocycles. The molecule has 1 aromatic carbocycles. The zero-order valence-electron chi connectivity index (χ0n) is 15.1. The maximum atomic E-state index is 9.12. The molecule has 0 saturated carbocycles. The van der Waals surface area contributed by atoms with Crippen LogP contribution in [0.25, 0.3) is 0 Å². The molecule has 2 N–H and O–H groups in total. The Morgan fingerprint density at radius 1 is 1.25 bits per heavy atom. The topological polar surface area (TPSA) is 68.5 Å². The van der Waals surface area contributed by atoms with Crippen molar-refractivity contribution in [1.82, 2.24) is 15.1 Å². The normalized spacial score (nSPS) is 12.2. The smallest absolute Gasteiger partial charge is 0.123 e. The number of rotatable bonds is 8. The minimum absolute atomic E-state index is 0.0895. The first-order chi connectivity index (χ1) is 11.5. The van der Waals surface area contributed by atoms with Crippen LogP contribution in [0.4, 0.5) is 0 Å². The second-order valence-corrected chi connectivity index (χ2v) is 5.81. The van der Waals surface area contributed by atoms with E-state index in [9.17, 15) is 0 Å². The van der Waals surface area contributed by atoms with Crippen molar-refractivity contribution >= 4 is 0 Å². The molecule has 0 radical (unpaired) electrons. The van der Waals surface area contributed by atoms with Crippen molar-refractivity contribution in [2.45, 2.75) is 39.9 Å². The highest BCUT2D eigenvalue weighted by Crippen LogP contribution is 2.29. The van der Waals surface area contributed by atoms with Crippen molar-refractivity contribution in [2.24, 2.45) is 0 Å². The number of nitrogens with one attached hydrogen (secondary N) is 1. The van der Waals surface area contributed by atoms with Gasteiger partial charge in [0.15, 0.2) is 0 Å². The SMILES string of the molecule is COc1ccc(OC)c(C(C)NCc2c(C)nn(CCO)c2C)c1. The second kappa shape index (κ2) is 8.17. The van der Waals surface area contributed by atoms with Gasteiger partial charge < -0.3 is 19.9 Å². The highest BCUT2D eigenvalue weighted by Gasteiger charge is 2.15. The summed E-state index contributed by atoms with van der Waals surface area (Å²) in [6, 6.07) is 5.89. The Hall–Kier alpha value is -2.05. The van der Waals surface area contributed by atoms with E-state index < -0.39 is 0 Å². The van der Waals surface area contributed by atoms with E-state index in [2.05, 4.69) is 17.3 Å². The molecule has 0 bridgehead atoms. The summed E-state index contributed by atoms with van der Waals surface area (Å²) >= 11 is 0. The number of aryl methyl sites for hydroxylation is 1. The average Bonchev–Trinajstić information content (AvgIpc) is 2.86. The summed E-state index contributed by atoms with van der Waals surface area (Å²) < 4.78 is 12.6. The van der Waals surface area contributed by atoms with E-state index in [-0.39, 0.29) is 12.6 Å². The zero-order chi connectivity index (χ0) is 17.7. The Balaban J connectivity index is 2.15. The Labute approximate surface area is 143 Å².